The second-order valence-corrected chi connectivity index (χ2v) is 3.94. The first-order valence-corrected chi connectivity index (χ1v) is 5.63. The molecule has 0 heterocycles. The van der Waals surface area contributed by atoms with Crippen molar-refractivity contribution in [2.24, 2.45) is 0 Å². The van der Waals surface area contributed by atoms with Crippen LogP contribution in [0.25, 0.3) is 0 Å². The van der Waals surface area contributed by atoms with Gasteiger partial charge in [0.05, 0.1) is 7.11 Å². The second-order valence-electron chi connectivity index (χ2n) is 3.51. The van der Waals surface area contributed by atoms with Crippen LogP contribution in [-0.2, 0) is 9.53 Å². The average molecular weight is 272 g/mol. The van der Waals surface area contributed by atoms with Crippen molar-refractivity contribution in [3.8, 4) is 5.75 Å². The van der Waals surface area contributed by atoms with E-state index in [9.17, 15) is 9.59 Å². The van der Waals surface area contributed by atoms with E-state index in [4.69, 9.17) is 21.1 Å². The van der Waals surface area contributed by atoms with Crippen LogP contribution in [-0.4, -0.2) is 32.1 Å². The molecular formula is C12H14ClNO4. The first-order chi connectivity index (χ1) is 8.49. The Hall–Kier alpha value is -1.75. The zero-order valence-corrected chi connectivity index (χ0v) is 11.1. The van der Waals surface area contributed by atoms with Crippen LogP contribution in [0, 0.1) is 0 Å². The summed E-state index contributed by atoms with van der Waals surface area (Å²) in [4.78, 5) is 23.1. The largest absolute Gasteiger partial charge is 0.496 e. The predicted molar refractivity (Wildman–Crippen MR) is 66.9 cm³/mol. The minimum absolute atomic E-state index is 0.181. The quantitative estimate of drug-likeness (QED) is 0.846. The third-order valence-corrected chi connectivity index (χ3v) is 2.52. The number of amides is 1. The van der Waals surface area contributed by atoms with Gasteiger partial charge in [0.25, 0.3) is 5.91 Å². The molecule has 0 aliphatic carbocycles. The smallest absolute Gasteiger partial charge is 0.342 e. The van der Waals surface area contributed by atoms with Crippen LogP contribution in [0.5, 0.6) is 5.75 Å². The van der Waals surface area contributed by atoms with Crippen LogP contribution in [0.3, 0.4) is 0 Å². The number of carbonyl (C=O) groups excluding carboxylic acids is 2. The number of benzene rings is 1. The highest BCUT2D eigenvalue weighted by atomic mass is 35.5. The molecule has 1 amide bonds. The number of ether oxygens (including phenoxy) is 2. The Balaban J connectivity index is 2.90. The molecule has 0 spiro atoms. The standard InChI is InChI=1S/C12H14ClNO4/c1-7(11(15)14-2)18-12(16)9-6-8(13)4-5-10(9)17-3/h4-7H,1-3H3,(H,14,15)/t7-/m1/s1. The zero-order valence-electron chi connectivity index (χ0n) is 10.3. The molecule has 1 atom stereocenters. The maximum Gasteiger partial charge on any atom is 0.342 e. The van der Waals surface area contributed by atoms with Gasteiger partial charge in [0, 0.05) is 12.1 Å². The third-order valence-electron chi connectivity index (χ3n) is 2.28. The maximum atomic E-state index is 11.9. The fourth-order valence-electron chi connectivity index (χ4n) is 1.32. The van der Waals surface area contributed by atoms with Crippen LogP contribution < -0.4 is 10.1 Å². The lowest BCUT2D eigenvalue weighted by molar-refractivity contribution is -0.128. The highest BCUT2D eigenvalue weighted by Gasteiger charge is 2.20. The SMILES string of the molecule is CNC(=O)[C@@H](C)OC(=O)c1cc(Cl)ccc1OC. The summed E-state index contributed by atoms with van der Waals surface area (Å²) >= 11 is 5.80. The highest BCUT2D eigenvalue weighted by molar-refractivity contribution is 6.31. The summed E-state index contributed by atoms with van der Waals surface area (Å²) in [5, 5.41) is 2.77. The fraction of sp³-hybridized carbons (Fsp3) is 0.333. The number of likely N-dealkylation sites (N-methyl/N-ethyl adjacent to an activating group) is 1. The van der Waals surface area contributed by atoms with Crippen molar-refractivity contribution in [1.29, 1.82) is 0 Å². The Morgan fingerprint density at radius 2 is 2.06 bits per heavy atom. The van der Waals surface area contributed by atoms with Crippen molar-refractivity contribution in [1.82, 2.24) is 5.32 Å². The number of methoxy groups -OCH3 is 1. The van der Waals surface area contributed by atoms with Crippen molar-refractivity contribution in [2.75, 3.05) is 14.2 Å². The van der Waals surface area contributed by atoms with E-state index in [0.29, 0.717) is 10.8 Å². The number of nitrogens with one attached hydrogen (secondary N) is 1. The summed E-state index contributed by atoms with van der Waals surface area (Å²) in [5.74, 6) is -0.705. The third kappa shape index (κ3) is 3.37. The van der Waals surface area contributed by atoms with E-state index < -0.39 is 12.1 Å². The lowest BCUT2D eigenvalue weighted by Crippen LogP contribution is -2.33. The maximum absolute atomic E-state index is 11.9. The van der Waals surface area contributed by atoms with Gasteiger partial charge in [-0.1, -0.05) is 11.6 Å². The molecule has 0 aromatic heterocycles. The predicted octanol–water partition coefficient (Wildman–Crippen LogP) is 1.64. The number of esters is 1. The van der Waals surface area contributed by atoms with E-state index in [1.807, 2.05) is 0 Å². The Kier molecular flexibility index (Phi) is 4.97. The summed E-state index contributed by atoms with van der Waals surface area (Å²) in [5.41, 5.74) is 0.181. The van der Waals surface area contributed by atoms with E-state index in [1.165, 1.54) is 27.1 Å². The number of halogens is 1. The molecule has 0 aliphatic heterocycles. The summed E-state index contributed by atoms with van der Waals surface area (Å²) in [6.45, 7) is 1.48. The first kappa shape index (κ1) is 14.3. The van der Waals surface area contributed by atoms with E-state index in [-0.39, 0.29) is 11.5 Å². The summed E-state index contributed by atoms with van der Waals surface area (Å²) in [6.07, 6.45) is -0.883. The minimum Gasteiger partial charge on any atom is -0.496 e. The average Bonchev–Trinajstić information content (AvgIpc) is 2.37. The Morgan fingerprint density at radius 1 is 1.39 bits per heavy atom. The molecule has 6 heteroatoms. The van der Waals surface area contributed by atoms with Crippen molar-refractivity contribution in [3.63, 3.8) is 0 Å². The van der Waals surface area contributed by atoms with Crippen LogP contribution in [0.4, 0.5) is 0 Å². The topological polar surface area (TPSA) is 64.6 Å². The molecule has 1 N–H and O–H groups in total. The molecule has 1 rings (SSSR count). The lowest BCUT2D eigenvalue weighted by Gasteiger charge is -2.13. The van der Waals surface area contributed by atoms with Gasteiger partial charge in [0.2, 0.25) is 0 Å². The van der Waals surface area contributed by atoms with Crippen LogP contribution in [0.1, 0.15) is 17.3 Å². The lowest BCUT2D eigenvalue weighted by atomic mass is 10.2. The monoisotopic (exact) mass is 271 g/mol. The van der Waals surface area contributed by atoms with E-state index in [1.54, 1.807) is 12.1 Å². The van der Waals surface area contributed by atoms with Crippen molar-refractivity contribution >= 4 is 23.5 Å². The van der Waals surface area contributed by atoms with E-state index in [0.717, 1.165) is 0 Å². The normalized spacial score (nSPS) is 11.6. The van der Waals surface area contributed by atoms with Gasteiger partial charge in [-0.3, -0.25) is 4.79 Å². The van der Waals surface area contributed by atoms with Gasteiger partial charge in [-0.15, -0.1) is 0 Å². The molecule has 0 saturated carbocycles. The van der Waals surface area contributed by atoms with Gasteiger partial charge in [0.1, 0.15) is 11.3 Å². The number of hydrogen-bond donors (Lipinski definition) is 1. The van der Waals surface area contributed by atoms with Crippen molar-refractivity contribution < 1.29 is 19.1 Å². The first-order valence-electron chi connectivity index (χ1n) is 5.25. The van der Waals surface area contributed by atoms with Gasteiger partial charge in [0.15, 0.2) is 6.10 Å². The van der Waals surface area contributed by atoms with Crippen LogP contribution in [0.2, 0.25) is 5.02 Å². The molecule has 1 aromatic rings. The Bertz CT molecular complexity index is 461. The number of hydrogen-bond acceptors (Lipinski definition) is 4. The van der Waals surface area contributed by atoms with Gasteiger partial charge in [-0.05, 0) is 25.1 Å². The Morgan fingerprint density at radius 3 is 2.61 bits per heavy atom. The molecule has 1 aromatic carbocycles. The zero-order chi connectivity index (χ0) is 13.7. The summed E-state index contributed by atoms with van der Waals surface area (Å²) in [6, 6.07) is 4.59. The fourth-order valence-corrected chi connectivity index (χ4v) is 1.49. The van der Waals surface area contributed by atoms with E-state index >= 15 is 0 Å². The van der Waals surface area contributed by atoms with E-state index in [2.05, 4.69) is 5.32 Å². The van der Waals surface area contributed by atoms with Gasteiger partial charge in [-0.2, -0.15) is 0 Å². The molecule has 0 bridgehead atoms. The van der Waals surface area contributed by atoms with Gasteiger partial charge in [-0.25, -0.2) is 4.79 Å². The highest BCUT2D eigenvalue weighted by Crippen LogP contribution is 2.23. The molecule has 0 aliphatic rings. The van der Waals surface area contributed by atoms with Crippen LogP contribution in [0.15, 0.2) is 18.2 Å². The van der Waals surface area contributed by atoms with Gasteiger partial charge >= 0.3 is 5.97 Å². The number of carbonyl (C=O) groups is 2. The molecule has 98 valence electrons. The van der Waals surface area contributed by atoms with Crippen molar-refractivity contribution in [3.05, 3.63) is 28.8 Å². The van der Waals surface area contributed by atoms with Crippen LogP contribution >= 0.6 is 11.6 Å². The molecule has 0 radical (unpaired) electrons. The molecule has 0 fully saturated rings. The molecule has 5 nitrogen and oxygen atoms in total. The summed E-state index contributed by atoms with van der Waals surface area (Å²) < 4.78 is 10.0. The Labute approximate surface area is 110 Å². The van der Waals surface area contributed by atoms with Gasteiger partial charge < -0.3 is 14.8 Å². The summed E-state index contributed by atoms with van der Waals surface area (Å²) in [7, 11) is 2.90. The molecule has 18 heavy (non-hydrogen) atoms. The minimum atomic E-state index is -0.883. The van der Waals surface area contributed by atoms with Crippen molar-refractivity contribution in [2.45, 2.75) is 13.0 Å². The molecule has 0 saturated heterocycles. The molecular weight excluding hydrogens is 258 g/mol. The molecule has 0 unspecified atom stereocenters. The second kappa shape index (κ2) is 6.26. The number of rotatable bonds is 4.